The number of nitrogens with zero attached hydrogens (tertiary/aromatic N) is 3. The van der Waals surface area contributed by atoms with E-state index in [2.05, 4.69) is 10.1 Å². The van der Waals surface area contributed by atoms with E-state index >= 15 is 0 Å². The van der Waals surface area contributed by atoms with Gasteiger partial charge in [0.2, 0.25) is 0 Å². The molecule has 1 N–H and O–H groups in total. The van der Waals surface area contributed by atoms with E-state index in [1.807, 2.05) is 31.2 Å². The molecule has 2 aromatic heterocycles. The van der Waals surface area contributed by atoms with E-state index in [0.717, 1.165) is 11.3 Å². The number of methoxy groups -OCH3 is 1. The molecule has 0 saturated carbocycles. The lowest BCUT2D eigenvalue weighted by Gasteiger charge is -2.07. The van der Waals surface area contributed by atoms with E-state index in [1.54, 1.807) is 24.1 Å². The number of ether oxygens (including phenoxy) is 1. The van der Waals surface area contributed by atoms with Crippen LogP contribution in [0.4, 0.5) is 0 Å². The lowest BCUT2D eigenvalue weighted by atomic mass is 10.1. The van der Waals surface area contributed by atoms with Gasteiger partial charge >= 0.3 is 5.97 Å². The Bertz CT molecular complexity index is 838. The summed E-state index contributed by atoms with van der Waals surface area (Å²) in [5, 5.41) is 14.2. The molecule has 6 heteroatoms. The van der Waals surface area contributed by atoms with Gasteiger partial charge in [0.05, 0.1) is 30.0 Å². The number of aryl methyl sites for hydroxylation is 1. The maximum absolute atomic E-state index is 11.5. The second-order valence-corrected chi connectivity index (χ2v) is 4.79. The highest BCUT2D eigenvalue weighted by Gasteiger charge is 2.16. The second kappa shape index (κ2) is 5.48. The van der Waals surface area contributed by atoms with E-state index < -0.39 is 5.97 Å². The molecule has 112 valence electrons. The Morgan fingerprint density at radius 1 is 1.32 bits per heavy atom. The van der Waals surface area contributed by atoms with Crippen LogP contribution in [0.3, 0.4) is 0 Å². The van der Waals surface area contributed by atoms with Crippen LogP contribution in [-0.4, -0.2) is 33.0 Å². The number of carboxylic acid groups (broad SMARTS) is 1. The van der Waals surface area contributed by atoms with Crippen LogP contribution in [-0.2, 0) is 6.54 Å². The number of aromatic carboxylic acids is 1. The minimum atomic E-state index is -0.988. The van der Waals surface area contributed by atoms with Crippen molar-refractivity contribution in [3.05, 3.63) is 42.1 Å². The number of hydrogen-bond donors (Lipinski definition) is 1. The topological polar surface area (TPSA) is 77.2 Å². The molecule has 0 unspecified atom stereocenters. The highest BCUT2D eigenvalue weighted by atomic mass is 16.5. The molecule has 0 atom stereocenters. The van der Waals surface area contributed by atoms with Gasteiger partial charge in [-0.3, -0.25) is 0 Å². The van der Waals surface area contributed by atoms with Crippen molar-refractivity contribution in [3.8, 4) is 17.0 Å². The number of benzene rings is 1. The number of carboxylic acids is 1. The van der Waals surface area contributed by atoms with Crippen molar-refractivity contribution in [2.75, 3.05) is 7.11 Å². The Balaban J connectivity index is 2.22. The molecule has 3 aromatic rings. The average Bonchev–Trinajstić information content (AvgIpc) is 2.96. The van der Waals surface area contributed by atoms with Crippen molar-refractivity contribution < 1.29 is 14.6 Å². The lowest BCUT2D eigenvalue weighted by Crippen LogP contribution is -2.02. The average molecular weight is 297 g/mol. The summed E-state index contributed by atoms with van der Waals surface area (Å²) in [6.07, 6.45) is 1.55. The second-order valence-electron chi connectivity index (χ2n) is 4.79. The van der Waals surface area contributed by atoms with Crippen LogP contribution >= 0.6 is 0 Å². The first-order valence-electron chi connectivity index (χ1n) is 6.88. The Morgan fingerprint density at radius 2 is 2.05 bits per heavy atom. The van der Waals surface area contributed by atoms with Crippen LogP contribution in [0.1, 0.15) is 17.3 Å². The number of pyridine rings is 1. The maximum Gasteiger partial charge on any atom is 0.336 e. The van der Waals surface area contributed by atoms with Gasteiger partial charge in [-0.1, -0.05) is 0 Å². The van der Waals surface area contributed by atoms with Gasteiger partial charge in [-0.15, -0.1) is 0 Å². The normalized spacial score (nSPS) is 10.8. The van der Waals surface area contributed by atoms with Gasteiger partial charge in [-0.2, -0.15) is 5.10 Å². The minimum absolute atomic E-state index is 0.204. The maximum atomic E-state index is 11.5. The lowest BCUT2D eigenvalue weighted by molar-refractivity contribution is 0.0699. The Morgan fingerprint density at radius 3 is 2.64 bits per heavy atom. The van der Waals surface area contributed by atoms with E-state index in [1.165, 1.54) is 0 Å². The van der Waals surface area contributed by atoms with Crippen LogP contribution in [0, 0.1) is 0 Å². The fraction of sp³-hybridized carbons (Fsp3) is 0.188. The van der Waals surface area contributed by atoms with Gasteiger partial charge in [0, 0.05) is 12.1 Å². The standard InChI is InChI=1S/C16H15N3O3/c1-3-19-15-13(9-17-19)12(16(20)21)8-14(18-15)10-4-6-11(22-2)7-5-10/h4-9H,3H2,1-2H3,(H,20,21). The van der Waals surface area contributed by atoms with Crippen molar-refractivity contribution in [2.45, 2.75) is 13.5 Å². The number of fused-ring (bicyclic) bond motifs is 1. The van der Waals surface area contributed by atoms with Crippen LogP contribution in [0.2, 0.25) is 0 Å². The molecule has 0 bridgehead atoms. The highest BCUT2D eigenvalue weighted by molar-refractivity contribution is 6.02. The van der Waals surface area contributed by atoms with Crippen LogP contribution in [0.25, 0.3) is 22.3 Å². The predicted molar refractivity (Wildman–Crippen MR) is 82.1 cm³/mol. The SMILES string of the molecule is CCn1ncc2c(C(=O)O)cc(-c3ccc(OC)cc3)nc21. The third kappa shape index (κ3) is 2.28. The molecule has 2 heterocycles. The minimum Gasteiger partial charge on any atom is -0.497 e. The van der Waals surface area contributed by atoms with Gasteiger partial charge in [0.1, 0.15) is 5.75 Å². The summed E-state index contributed by atoms with van der Waals surface area (Å²) in [5.74, 6) is -0.250. The molecule has 0 aliphatic carbocycles. The molecule has 0 aliphatic rings. The van der Waals surface area contributed by atoms with Crippen LogP contribution in [0.5, 0.6) is 5.75 Å². The quantitative estimate of drug-likeness (QED) is 0.801. The smallest absolute Gasteiger partial charge is 0.336 e. The van der Waals surface area contributed by atoms with E-state index in [4.69, 9.17) is 4.74 Å². The molecule has 22 heavy (non-hydrogen) atoms. The summed E-state index contributed by atoms with van der Waals surface area (Å²) >= 11 is 0. The molecule has 6 nitrogen and oxygen atoms in total. The fourth-order valence-corrected chi connectivity index (χ4v) is 2.37. The summed E-state index contributed by atoms with van der Waals surface area (Å²) < 4.78 is 6.82. The largest absolute Gasteiger partial charge is 0.497 e. The van der Waals surface area contributed by atoms with Crippen molar-refractivity contribution >= 4 is 17.0 Å². The van der Waals surface area contributed by atoms with Crippen LogP contribution < -0.4 is 4.74 Å². The van der Waals surface area contributed by atoms with E-state index in [0.29, 0.717) is 23.3 Å². The van der Waals surface area contributed by atoms with Gasteiger partial charge in [-0.25, -0.2) is 14.5 Å². The molecule has 0 amide bonds. The molecular weight excluding hydrogens is 282 g/mol. The summed E-state index contributed by atoms with van der Waals surface area (Å²) in [5.41, 5.74) is 2.21. The fourth-order valence-electron chi connectivity index (χ4n) is 2.37. The Hall–Kier alpha value is -2.89. The molecule has 0 saturated heterocycles. The zero-order chi connectivity index (χ0) is 15.7. The first kappa shape index (κ1) is 14.1. The first-order valence-corrected chi connectivity index (χ1v) is 6.88. The molecule has 0 radical (unpaired) electrons. The zero-order valence-corrected chi connectivity index (χ0v) is 12.3. The molecule has 0 fully saturated rings. The number of rotatable bonds is 4. The Kier molecular flexibility index (Phi) is 3.50. The zero-order valence-electron chi connectivity index (χ0n) is 12.3. The molecule has 1 aromatic carbocycles. The molecular formula is C16H15N3O3. The third-order valence-electron chi connectivity index (χ3n) is 3.52. The summed E-state index contributed by atoms with van der Waals surface area (Å²) in [4.78, 5) is 16.1. The van der Waals surface area contributed by atoms with E-state index in [-0.39, 0.29) is 5.56 Å². The molecule has 0 aliphatic heterocycles. The van der Waals surface area contributed by atoms with Crippen molar-refractivity contribution in [1.82, 2.24) is 14.8 Å². The summed E-state index contributed by atoms with van der Waals surface area (Å²) in [6.45, 7) is 2.57. The van der Waals surface area contributed by atoms with Gasteiger partial charge in [-0.05, 0) is 37.3 Å². The molecule has 0 spiro atoms. The number of carbonyl (C=O) groups is 1. The highest BCUT2D eigenvalue weighted by Crippen LogP contribution is 2.26. The van der Waals surface area contributed by atoms with Crippen molar-refractivity contribution in [3.63, 3.8) is 0 Å². The summed E-state index contributed by atoms with van der Waals surface area (Å²) in [6, 6.07) is 8.92. The van der Waals surface area contributed by atoms with Crippen molar-refractivity contribution in [1.29, 1.82) is 0 Å². The van der Waals surface area contributed by atoms with Gasteiger partial charge in [0.25, 0.3) is 0 Å². The van der Waals surface area contributed by atoms with Gasteiger partial charge in [0.15, 0.2) is 5.65 Å². The molecule has 3 rings (SSSR count). The number of hydrogen-bond acceptors (Lipinski definition) is 4. The third-order valence-corrected chi connectivity index (χ3v) is 3.52. The first-order chi connectivity index (χ1) is 10.6. The van der Waals surface area contributed by atoms with Crippen molar-refractivity contribution in [2.24, 2.45) is 0 Å². The van der Waals surface area contributed by atoms with Gasteiger partial charge < -0.3 is 9.84 Å². The summed E-state index contributed by atoms with van der Waals surface area (Å²) in [7, 11) is 1.60. The van der Waals surface area contributed by atoms with Crippen LogP contribution in [0.15, 0.2) is 36.5 Å². The predicted octanol–water partition coefficient (Wildman–Crippen LogP) is 2.83. The number of aromatic nitrogens is 3. The Labute approximate surface area is 127 Å². The monoisotopic (exact) mass is 297 g/mol. The van der Waals surface area contributed by atoms with E-state index in [9.17, 15) is 9.90 Å².